The summed E-state index contributed by atoms with van der Waals surface area (Å²) in [4.78, 5) is 12.8. The van der Waals surface area contributed by atoms with E-state index in [9.17, 15) is 0 Å². The normalized spacial score (nSPS) is 11.0. The molecule has 2 rings (SSSR count). The highest BCUT2D eigenvalue weighted by atomic mass is 35.5. The summed E-state index contributed by atoms with van der Waals surface area (Å²) in [5, 5.41) is 3.48. The van der Waals surface area contributed by atoms with Gasteiger partial charge in [-0.25, -0.2) is 4.98 Å². The minimum Gasteiger partial charge on any atom is -0.368 e. The summed E-state index contributed by atoms with van der Waals surface area (Å²) in [5.74, 6) is 0.719. The van der Waals surface area contributed by atoms with Crippen LogP contribution >= 0.6 is 11.6 Å². The minimum atomic E-state index is 0.258. The Morgan fingerprint density at radius 2 is 2.12 bits per heavy atom. The van der Waals surface area contributed by atoms with Gasteiger partial charge in [-0.1, -0.05) is 13.8 Å². The van der Waals surface area contributed by atoms with Gasteiger partial charge in [0.05, 0.1) is 6.33 Å². The van der Waals surface area contributed by atoms with E-state index < -0.39 is 0 Å². The Bertz CT molecular complexity index is 508. The molecule has 0 saturated heterocycles. The lowest BCUT2D eigenvalue weighted by Crippen LogP contribution is -2.04. The number of halogens is 1. The molecular weight excluding hydrogens is 238 g/mol. The molecule has 2 aromatic rings. The van der Waals surface area contributed by atoms with Crippen LogP contribution in [0, 0.1) is 0 Å². The lowest BCUT2D eigenvalue weighted by molar-refractivity contribution is 0.691. The van der Waals surface area contributed by atoms with E-state index in [2.05, 4.69) is 34.1 Å². The second-order valence-corrected chi connectivity index (χ2v) is 4.22. The molecule has 2 heterocycles. The first-order valence-electron chi connectivity index (χ1n) is 5.88. The number of hydrogen-bond acceptors (Lipinski definition) is 4. The third-order valence-electron chi connectivity index (χ3n) is 2.44. The number of rotatable bonds is 5. The van der Waals surface area contributed by atoms with E-state index in [1.807, 2.05) is 4.57 Å². The van der Waals surface area contributed by atoms with Crippen LogP contribution in [0.2, 0.25) is 5.28 Å². The zero-order valence-corrected chi connectivity index (χ0v) is 10.8. The second kappa shape index (κ2) is 5.31. The van der Waals surface area contributed by atoms with Gasteiger partial charge in [0.1, 0.15) is 0 Å². The van der Waals surface area contributed by atoms with Crippen molar-refractivity contribution in [1.82, 2.24) is 19.5 Å². The first kappa shape index (κ1) is 12.1. The molecule has 0 fully saturated rings. The third kappa shape index (κ3) is 2.49. The molecule has 0 aliphatic heterocycles. The first-order chi connectivity index (χ1) is 8.26. The molecule has 5 nitrogen and oxygen atoms in total. The lowest BCUT2D eigenvalue weighted by Gasteiger charge is -2.05. The van der Waals surface area contributed by atoms with E-state index in [-0.39, 0.29) is 5.28 Å². The van der Waals surface area contributed by atoms with Crippen LogP contribution in [0.15, 0.2) is 6.33 Å². The largest absolute Gasteiger partial charge is 0.368 e. The summed E-state index contributed by atoms with van der Waals surface area (Å²) in [7, 11) is 0. The monoisotopic (exact) mass is 253 g/mol. The number of aryl methyl sites for hydroxylation is 1. The Morgan fingerprint density at radius 1 is 1.29 bits per heavy atom. The minimum absolute atomic E-state index is 0.258. The average molecular weight is 254 g/mol. The molecule has 17 heavy (non-hydrogen) atoms. The number of fused-ring (bicyclic) bond motifs is 1. The fourth-order valence-corrected chi connectivity index (χ4v) is 1.85. The molecule has 0 atom stereocenters. The summed E-state index contributed by atoms with van der Waals surface area (Å²) in [6, 6.07) is 0. The molecule has 0 saturated carbocycles. The zero-order valence-electron chi connectivity index (χ0n) is 10.1. The number of nitrogens with zero attached hydrogens (tertiary/aromatic N) is 4. The van der Waals surface area contributed by atoms with Crippen molar-refractivity contribution < 1.29 is 0 Å². The summed E-state index contributed by atoms with van der Waals surface area (Å²) in [6.45, 7) is 5.95. The Morgan fingerprint density at radius 3 is 2.82 bits per heavy atom. The molecule has 0 aliphatic rings. The maximum Gasteiger partial charge on any atom is 0.226 e. The molecule has 6 heteroatoms. The van der Waals surface area contributed by atoms with Gasteiger partial charge in [0.25, 0.3) is 0 Å². The Labute approximate surface area is 105 Å². The van der Waals surface area contributed by atoms with Gasteiger partial charge >= 0.3 is 0 Å². The lowest BCUT2D eigenvalue weighted by atomic mass is 10.4. The van der Waals surface area contributed by atoms with Gasteiger partial charge in [0, 0.05) is 13.1 Å². The molecule has 1 N–H and O–H groups in total. The van der Waals surface area contributed by atoms with Crippen molar-refractivity contribution in [3.63, 3.8) is 0 Å². The van der Waals surface area contributed by atoms with Gasteiger partial charge in [-0.3, -0.25) is 0 Å². The summed E-state index contributed by atoms with van der Waals surface area (Å²) < 4.78 is 2.00. The number of hydrogen-bond donors (Lipinski definition) is 1. The van der Waals surface area contributed by atoms with E-state index >= 15 is 0 Å². The van der Waals surface area contributed by atoms with Crippen molar-refractivity contribution in [3.05, 3.63) is 11.6 Å². The van der Waals surface area contributed by atoms with E-state index in [0.717, 1.165) is 42.9 Å². The second-order valence-electron chi connectivity index (χ2n) is 3.88. The van der Waals surface area contributed by atoms with Crippen LogP contribution in [0.3, 0.4) is 0 Å². The highest BCUT2D eigenvalue weighted by Crippen LogP contribution is 2.20. The van der Waals surface area contributed by atoms with Crippen LogP contribution < -0.4 is 5.32 Å². The molecule has 0 amide bonds. The summed E-state index contributed by atoms with van der Waals surface area (Å²) in [5.41, 5.74) is 1.58. The van der Waals surface area contributed by atoms with Gasteiger partial charge < -0.3 is 9.88 Å². The van der Waals surface area contributed by atoms with Crippen molar-refractivity contribution >= 4 is 28.6 Å². The van der Waals surface area contributed by atoms with Crippen molar-refractivity contribution in [3.8, 4) is 0 Å². The predicted molar refractivity (Wildman–Crippen MR) is 69.4 cm³/mol. The Hall–Kier alpha value is -1.36. The Kier molecular flexibility index (Phi) is 3.78. The van der Waals surface area contributed by atoms with E-state index in [1.165, 1.54) is 0 Å². The number of imidazole rings is 1. The van der Waals surface area contributed by atoms with Gasteiger partial charge in [-0.15, -0.1) is 0 Å². The third-order valence-corrected chi connectivity index (χ3v) is 2.61. The molecule has 0 unspecified atom stereocenters. The zero-order chi connectivity index (χ0) is 12.3. The van der Waals surface area contributed by atoms with Crippen LogP contribution in [0.25, 0.3) is 11.2 Å². The SMILES string of the molecule is CCCNc1nc(Cl)nc2c1ncn2CCC. The van der Waals surface area contributed by atoms with Gasteiger partial charge in [0.15, 0.2) is 17.0 Å². The van der Waals surface area contributed by atoms with E-state index in [1.54, 1.807) is 6.33 Å². The van der Waals surface area contributed by atoms with Crippen molar-refractivity contribution in [2.24, 2.45) is 0 Å². The van der Waals surface area contributed by atoms with E-state index in [0.29, 0.717) is 0 Å². The van der Waals surface area contributed by atoms with Gasteiger partial charge in [0.2, 0.25) is 5.28 Å². The highest BCUT2D eigenvalue weighted by Gasteiger charge is 2.11. The van der Waals surface area contributed by atoms with Gasteiger partial charge in [-0.05, 0) is 24.4 Å². The van der Waals surface area contributed by atoms with Crippen LogP contribution in [0.5, 0.6) is 0 Å². The summed E-state index contributed by atoms with van der Waals surface area (Å²) >= 11 is 5.93. The Balaban J connectivity index is 2.45. The molecule has 92 valence electrons. The van der Waals surface area contributed by atoms with Crippen LogP contribution in [-0.2, 0) is 6.54 Å². The highest BCUT2D eigenvalue weighted by molar-refractivity contribution is 6.28. The maximum atomic E-state index is 5.93. The molecule has 0 radical (unpaired) electrons. The summed E-state index contributed by atoms with van der Waals surface area (Å²) in [6.07, 6.45) is 3.85. The molecule has 0 bridgehead atoms. The number of nitrogens with one attached hydrogen (secondary N) is 1. The average Bonchev–Trinajstić information content (AvgIpc) is 2.70. The van der Waals surface area contributed by atoms with Gasteiger partial charge in [-0.2, -0.15) is 9.97 Å². The van der Waals surface area contributed by atoms with Crippen LogP contribution in [-0.4, -0.2) is 26.1 Å². The van der Waals surface area contributed by atoms with Crippen molar-refractivity contribution in [2.75, 3.05) is 11.9 Å². The molecular formula is C11H16ClN5. The number of aromatic nitrogens is 4. The van der Waals surface area contributed by atoms with Crippen molar-refractivity contribution in [1.29, 1.82) is 0 Å². The van der Waals surface area contributed by atoms with Crippen LogP contribution in [0.4, 0.5) is 5.82 Å². The topological polar surface area (TPSA) is 55.6 Å². The fraction of sp³-hybridized carbons (Fsp3) is 0.545. The maximum absolute atomic E-state index is 5.93. The quantitative estimate of drug-likeness (QED) is 0.833. The standard InChI is InChI=1S/C11H16ClN5/c1-3-5-13-9-8-10(16-11(12)15-9)17(6-4-2)7-14-8/h7H,3-6H2,1-2H3,(H,13,15,16). The van der Waals surface area contributed by atoms with E-state index in [4.69, 9.17) is 11.6 Å². The fourth-order valence-electron chi connectivity index (χ4n) is 1.69. The molecule has 0 aliphatic carbocycles. The van der Waals surface area contributed by atoms with Crippen molar-refractivity contribution in [2.45, 2.75) is 33.2 Å². The first-order valence-corrected chi connectivity index (χ1v) is 6.26. The molecule has 0 aromatic carbocycles. The molecule has 0 spiro atoms. The molecule has 2 aromatic heterocycles. The number of anilines is 1. The smallest absolute Gasteiger partial charge is 0.226 e. The van der Waals surface area contributed by atoms with Crippen LogP contribution in [0.1, 0.15) is 26.7 Å². The predicted octanol–water partition coefficient (Wildman–Crippen LogP) is 2.71.